The maximum atomic E-state index is 15.1. The normalized spacial score (nSPS) is 13.6. The van der Waals surface area contributed by atoms with Crippen molar-refractivity contribution < 1.29 is 63.0 Å². The number of benzene rings is 3. The molecule has 294 valence electrons. The van der Waals surface area contributed by atoms with Gasteiger partial charge in [0.05, 0.1) is 37.0 Å². The number of aromatic carboxylic acids is 1. The summed E-state index contributed by atoms with van der Waals surface area (Å²) in [5.74, 6) is -16.3. The molecule has 0 atom stereocenters. The minimum absolute atomic E-state index is 0.155. The van der Waals surface area contributed by atoms with Crippen molar-refractivity contribution in [2.24, 2.45) is 0 Å². The van der Waals surface area contributed by atoms with Gasteiger partial charge in [0.15, 0.2) is 28.2 Å². The topological polar surface area (TPSA) is 117 Å². The van der Waals surface area contributed by atoms with Crippen LogP contribution in [-0.4, -0.2) is 48.3 Å². The van der Waals surface area contributed by atoms with E-state index in [4.69, 9.17) is 4.74 Å². The highest BCUT2D eigenvalue weighted by atomic mass is 32.2. The molecule has 1 fully saturated rings. The van der Waals surface area contributed by atoms with Crippen LogP contribution in [0, 0.1) is 29.1 Å². The molecule has 1 N–H and O–H groups in total. The highest BCUT2D eigenvalue weighted by Gasteiger charge is 2.41. The number of aromatic nitrogens is 1. The van der Waals surface area contributed by atoms with Gasteiger partial charge in [0.25, 0.3) is 0 Å². The van der Waals surface area contributed by atoms with E-state index in [1.165, 1.54) is 0 Å². The zero-order valence-electron chi connectivity index (χ0n) is 29.6. The molecule has 1 heterocycles. The molecule has 4 aromatic rings. The summed E-state index contributed by atoms with van der Waals surface area (Å²) < 4.78 is 148. The lowest BCUT2D eigenvalue weighted by Crippen LogP contribution is -2.43. The Morgan fingerprint density at radius 1 is 0.891 bits per heavy atom. The minimum atomic E-state index is -6.05. The van der Waals surface area contributed by atoms with E-state index in [-0.39, 0.29) is 33.8 Å². The minimum Gasteiger partial charge on any atom is -0.495 e. The van der Waals surface area contributed by atoms with Crippen molar-refractivity contribution in [2.75, 3.05) is 18.6 Å². The maximum absolute atomic E-state index is 15.1. The fourth-order valence-electron chi connectivity index (χ4n) is 5.84. The monoisotopic (exact) mass is 799 g/mol. The van der Waals surface area contributed by atoms with Crippen molar-refractivity contribution in [3.63, 3.8) is 0 Å². The van der Waals surface area contributed by atoms with Crippen LogP contribution in [0.25, 0.3) is 0 Å². The number of carboxylic acid groups (broad SMARTS) is 1. The second kappa shape index (κ2) is 15.2. The molecule has 1 aliphatic carbocycles. The number of nitrogens with zero attached hydrogens (tertiary/aromatic N) is 3. The van der Waals surface area contributed by atoms with Gasteiger partial charge in [-0.1, -0.05) is 39.0 Å². The number of carbonyl (C=O) groups is 2. The number of amides is 1. The lowest BCUT2D eigenvalue weighted by Gasteiger charge is -2.30. The number of methoxy groups -OCH3 is 1. The van der Waals surface area contributed by atoms with Crippen LogP contribution in [-0.2, 0) is 39.5 Å². The molecule has 0 bridgehead atoms. The lowest BCUT2D eigenvalue weighted by atomic mass is 9.84. The molecule has 5 rings (SSSR count). The number of sulfonamides is 1. The third kappa shape index (κ3) is 8.59. The van der Waals surface area contributed by atoms with Gasteiger partial charge < -0.3 is 14.7 Å². The van der Waals surface area contributed by atoms with Gasteiger partial charge in [-0.3, -0.25) is 9.78 Å². The first-order chi connectivity index (χ1) is 25.6. The van der Waals surface area contributed by atoms with Crippen molar-refractivity contribution in [1.82, 2.24) is 9.29 Å². The van der Waals surface area contributed by atoms with E-state index < -0.39 is 91.7 Å². The fourth-order valence-corrected chi connectivity index (χ4v) is 7.32. The summed E-state index contributed by atoms with van der Waals surface area (Å²) in [7, 11) is -4.91. The standard InChI is InChI=1S/C37H33F8N3O6S/c1-36(2,3)24-12-19(11-22(13-24)20-5-6-20)16-48(26-8-7-21(35(50)51)14-27(26)54-4)28(49)18-47(17-23-15-46-10-9-25(23)37(43,44)45)55(52,53)34-32(41)30(39)29(38)31(40)33(34)42/h7-15,20H,5-6,16-18H2,1-4H3,(H,50,51). The van der Waals surface area contributed by atoms with Crippen LogP contribution in [0.3, 0.4) is 0 Å². The molecule has 1 saturated carbocycles. The number of hydrogen-bond donors (Lipinski definition) is 1. The van der Waals surface area contributed by atoms with Gasteiger partial charge in [0, 0.05) is 18.9 Å². The van der Waals surface area contributed by atoms with Gasteiger partial charge >= 0.3 is 12.1 Å². The molecular formula is C37H33F8N3O6S. The van der Waals surface area contributed by atoms with Gasteiger partial charge in [0.2, 0.25) is 21.7 Å². The van der Waals surface area contributed by atoms with Crippen LogP contribution < -0.4 is 9.64 Å². The molecule has 0 aliphatic heterocycles. The molecule has 9 nitrogen and oxygen atoms in total. The number of ether oxygens (including phenoxy) is 1. The number of carboxylic acids is 1. The molecule has 1 amide bonds. The Labute approximate surface area is 310 Å². The second-order valence-corrected chi connectivity index (χ2v) is 15.7. The van der Waals surface area contributed by atoms with Crippen LogP contribution in [0.4, 0.5) is 40.8 Å². The summed E-state index contributed by atoms with van der Waals surface area (Å²) in [6.45, 7) is 2.42. The maximum Gasteiger partial charge on any atom is 0.416 e. The summed E-state index contributed by atoms with van der Waals surface area (Å²) in [6.07, 6.45) is -2.09. The molecule has 55 heavy (non-hydrogen) atoms. The largest absolute Gasteiger partial charge is 0.495 e. The molecular weight excluding hydrogens is 766 g/mol. The van der Waals surface area contributed by atoms with E-state index in [2.05, 4.69) is 4.98 Å². The predicted octanol–water partition coefficient (Wildman–Crippen LogP) is 8.10. The molecule has 0 radical (unpaired) electrons. The number of hydrogen-bond acceptors (Lipinski definition) is 6. The Hall–Kier alpha value is -5.10. The SMILES string of the molecule is COc1cc(C(=O)O)ccc1N(Cc1cc(C2CC2)cc(C(C)(C)C)c1)C(=O)CN(Cc1cnccc1C(F)(F)F)S(=O)(=O)c1c(F)c(F)c(F)c(F)c1F. The summed E-state index contributed by atoms with van der Waals surface area (Å²) in [5, 5.41) is 9.58. The van der Waals surface area contributed by atoms with Crippen LogP contribution in [0.2, 0.25) is 0 Å². The third-order valence-electron chi connectivity index (χ3n) is 8.92. The first kappa shape index (κ1) is 41.1. The number of carbonyl (C=O) groups excluding carboxylic acids is 1. The Balaban J connectivity index is 1.70. The average molecular weight is 800 g/mol. The van der Waals surface area contributed by atoms with Crippen molar-refractivity contribution in [3.05, 3.63) is 117 Å². The van der Waals surface area contributed by atoms with Crippen LogP contribution in [0.5, 0.6) is 5.75 Å². The van der Waals surface area contributed by atoms with Crippen LogP contribution in [0.15, 0.2) is 59.8 Å². The van der Waals surface area contributed by atoms with Crippen molar-refractivity contribution >= 4 is 27.6 Å². The summed E-state index contributed by atoms with van der Waals surface area (Å²) in [4.78, 5) is 28.3. The van der Waals surface area contributed by atoms with Gasteiger partial charge in [0.1, 0.15) is 5.75 Å². The Kier molecular flexibility index (Phi) is 11.4. The average Bonchev–Trinajstić information content (AvgIpc) is 3.97. The van der Waals surface area contributed by atoms with E-state index in [0.29, 0.717) is 17.8 Å². The number of anilines is 1. The molecule has 0 unspecified atom stereocenters. The first-order valence-corrected chi connectivity index (χ1v) is 17.9. The van der Waals surface area contributed by atoms with E-state index in [1.54, 1.807) is 12.1 Å². The van der Waals surface area contributed by atoms with Gasteiger partial charge in [-0.25, -0.2) is 35.2 Å². The van der Waals surface area contributed by atoms with E-state index in [0.717, 1.165) is 60.4 Å². The Morgan fingerprint density at radius 2 is 1.51 bits per heavy atom. The smallest absolute Gasteiger partial charge is 0.416 e. The van der Waals surface area contributed by atoms with E-state index >= 15 is 8.78 Å². The quantitative estimate of drug-likeness (QED) is 0.0875. The summed E-state index contributed by atoms with van der Waals surface area (Å²) in [5.41, 5.74) is -1.00. The van der Waals surface area contributed by atoms with Crippen molar-refractivity contribution in [2.45, 2.75) is 69.1 Å². The molecule has 18 heteroatoms. The van der Waals surface area contributed by atoms with Gasteiger partial charge in [-0.2, -0.15) is 17.5 Å². The molecule has 1 aliphatic rings. The first-order valence-electron chi connectivity index (χ1n) is 16.4. The third-order valence-corrected chi connectivity index (χ3v) is 10.7. The Bertz CT molecular complexity index is 2250. The number of rotatable bonds is 12. The molecule has 0 spiro atoms. The summed E-state index contributed by atoms with van der Waals surface area (Å²) in [6, 6.07) is 9.31. The fraction of sp³-hybridized carbons (Fsp3) is 0.324. The van der Waals surface area contributed by atoms with Gasteiger partial charge in [-0.15, -0.1) is 0 Å². The van der Waals surface area contributed by atoms with Gasteiger partial charge in [-0.05, 0) is 70.7 Å². The zero-order valence-corrected chi connectivity index (χ0v) is 30.4. The van der Waals surface area contributed by atoms with Crippen molar-refractivity contribution in [1.29, 1.82) is 0 Å². The second-order valence-electron chi connectivity index (χ2n) is 13.9. The summed E-state index contributed by atoms with van der Waals surface area (Å²) >= 11 is 0. The highest BCUT2D eigenvalue weighted by molar-refractivity contribution is 7.89. The van der Waals surface area contributed by atoms with Crippen LogP contribution in [0.1, 0.15) is 77.7 Å². The van der Waals surface area contributed by atoms with E-state index in [9.17, 15) is 49.5 Å². The molecule has 1 aromatic heterocycles. The van der Waals surface area contributed by atoms with Crippen molar-refractivity contribution in [3.8, 4) is 5.75 Å². The number of halogens is 8. The van der Waals surface area contributed by atoms with E-state index in [1.807, 2.05) is 26.8 Å². The highest BCUT2D eigenvalue weighted by Crippen LogP contribution is 2.42. The molecule has 3 aromatic carbocycles. The Morgan fingerprint density at radius 3 is 2.05 bits per heavy atom. The lowest BCUT2D eigenvalue weighted by molar-refractivity contribution is -0.138. The number of alkyl halides is 3. The molecule has 0 saturated heterocycles. The number of pyridine rings is 1. The predicted molar refractivity (Wildman–Crippen MR) is 181 cm³/mol. The zero-order chi connectivity index (χ0) is 40.8. The van der Waals surface area contributed by atoms with Crippen LogP contribution >= 0.6 is 0 Å².